The summed E-state index contributed by atoms with van der Waals surface area (Å²) in [6, 6.07) is 9.57. The fourth-order valence-electron chi connectivity index (χ4n) is 1.60. The van der Waals surface area contributed by atoms with Crippen LogP contribution in [0.3, 0.4) is 0 Å². The minimum atomic E-state index is -0.489. The van der Waals surface area contributed by atoms with E-state index in [1.54, 1.807) is 10.9 Å². The Morgan fingerprint density at radius 1 is 1.24 bits per heavy atom. The molecular formula is C12H13N3O2. The molecule has 0 fully saturated rings. The topological polar surface area (TPSA) is 61.0 Å². The Bertz CT molecular complexity index is 517. The third-order valence-corrected chi connectivity index (χ3v) is 2.59. The highest BCUT2D eigenvalue weighted by Crippen LogP contribution is 2.09. The van der Waals surface area contributed by atoms with E-state index in [0.29, 0.717) is 6.54 Å². The zero-order valence-electron chi connectivity index (χ0n) is 9.54. The molecule has 0 radical (unpaired) electrons. The highest BCUT2D eigenvalue weighted by Gasteiger charge is 2.10. The smallest absolute Gasteiger partial charge is 0.358 e. The van der Waals surface area contributed by atoms with Crippen molar-refractivity contribution in [3.05, 3.63) is 57.8 Å². The average molecular weight is 231 g/mol. The number of hydrogen-bond acceptors (Lipinski definition) is 3. The van der Waals surface area contributed by atoms with Crippen molar-refractivity contribution < 1.29 is 4.92 Å². The van der Waals surface area contributed by atoms with Crippen molar-refractivity contribution in [1.82, 2.24) is 9.78 Å². The second kappa shape index (κ2) is 4.78. The first-order chi connectivity index (χ1) is 8.19. The Labute approximate surface area is 98.8 Å². The molecule has 1 aromatic heterocycles. The van der Waals surface area contributed by atoms with Gasteiger partial charge in [0.15, 0.2) is 0 Å². The first-order valence-electron chi connectivity index (χ1n) is 5.44. The van der Waals surface area contributed by atoms with E-state index in [-0.39, 0.29) is 5.82 Å². The van der Waals surface area contributed by atoms with Gasteiger partial charge in [-0.3, -0.25) is 0 Å². The van der Waals surface area contributed by atoms with Crippen LogP contribution in [-0.2, 0) is 13.0 Å². The van der Waals surface area contributed by atoms with Crippen LogP contribution in [-0.4, -0.2) is 14.7 Å². The molecule has 2 rings (SSSR count). The van der Waals surface area contributed by atoms with Crippen molar-refractivity contribution in [2.24, 2.45) is 0 Å². The molecule has 0 aliphatic rings. The van der Waals surface area contributed by atoms with Crippen LogP contribution >= 0.6 is 0 Å². The Hall–Kier alpha value is -2.17. The van der Waals surface area contributed by atoms with Gasteiger partial charge in [0, 0.05) is 0 Å². The quantitative estimate of drug-likeness (QED) is 0.599. The van der Waals surface area contributed by atoms with Crippen LogP contribution in [0.15, 0.2) is 36.5 Å². The van der Waals surface area contributed by atoms with E-state index in [9.17, 15) is 10.1 Å². The number of nitrogens with zero attached hydrogens (tertiary/aromatic N) is 3. The monoisotopic (exact) mass is 231 g/mol. The van der Waals surface area contributed by atoms with Gasteiger partial charge in [-0.1, -0.05) is 31.2 Å². The Morgan fingerprint density at radius 2 is 1.88 bits per heavy atom. The highest BCUT2D eigenvalue weighted by molar-refractivity contribution is 5.23. The van der Waals surface area contributed by atoms with Crippen LogP contribution in [0.4, 0.5) is 5.82 Å². The number of aryl methyl sites for hydroxylation is 1. The second-order valence-corrected chi connectivity index (χ2v) is 3.80. The maximum absolute atomic E-state index is 10.5. The summed E-state index contributed by atoms with van der Waals surface area (Å²) in [7, 11) is 0. The van der Waals surface area contributed by atoms with Gasteiger partial charge in [-0.15, -0.1) is 0 Å². The molecule has 5 nitrogen and oxygen atoms in total. The van der Waals surface area contributed by atoms with Gasteiger partial charge >= 0.3 is 5.82 Å². The Kier molecular flexibility index (Phi) is 3.18. The number of benzene rings is 1. The molecule has 0 saturated carbocycles. The minimum Gasteiger partial charge on any atom is -0.358 e. The summed E-state index contributed by atoms with van der Waals surface area (Å²) in [5.41, 5.74) is 2.36. The maximum Gasteiger partial charge on any atom is 0.389 e. The zero-order valence-corrected chi connectivity index (χ0v) is 9.54. The van der Waals surface area contributed by atoms with Gasteiger partial charge in [0.05, 0.1) is 23.9 Å². The molecule has 0 aliphatic carbocycles. The summed E-state index contributed by atoms with van der Waals surface area (Å²) in [4.78, 5) is 9.99. The first kappa shape index (κ1) is 11.3. The van der Waals surface area contributed by atoms with E-state index in [1.807, 2.05) is 12.1 Å². The van der Waals surface area contributed by atoms with E-state index in [4.69, 9.17) is 0 Å². The summed E-state index contributed by atoms with van der Waals surface area (Å²) < 4.78 is 1.57. The molecule has 5 heteroatoms. The second-order valence-electron chi connectivity index (χ2n) is 3.80. The largest absolute Gasteiger partial charge is 0.389 e. The molecule has 0 N–H and O–H groups in total. The van der Waals surface area contributed by atoms with E-state index in [2.05, 4.69) is 24.2 Å². The normalized spacial score (nSPS) is 10.4. The zero-order chi connectivity index (χ0) is 12.3. The van der Waals surface area contributed by atoms with Crippen molar-refractivity contribution in [3.63, 3.8) is 0 Å². The lowest BCUT2D eigenvalue weighted by molar-refractivity contribution is -0.389. The van der Waals surface area contributed by atoms with Crippen LogP contribution in [0.2, 0.25) is 0 Å². The summed E-state index contributed by atoms with van der Waals surface area (Å²) in [6.07, 6.45) is 2.62. The standard InChI is InChI=1S/C12H13N3O2/c1-2-10-3-5-11(6-4-10)9-14-8-7-12(13-14)15(16)17/h3-8H,2,9H2,1H3. The van der Waals surface area contributed by atoms with Crippen molar-refractivity contribution >= 4 is 5.82 Å². The lowest BCUT2D eigenvalue weighted by Crippen LogP contribution is -2.01. The molecule has 0 atom stereocenters. The summed E-state index contributed by atoms with van der Waals surface area (Å²) >= 11 is 0. The van der Waals surface area contributed by atoms with Gasteiger partial charge < -0.3 is 10.1 Å². The molecule has 88 valence electrons. The number of rotatable bonds is 4. The van der Waals surface area contributed by atoms with Crippen molar-refractivity contribution in [1.29, 1.82) is 0 Å². The van der Waals surface area contributed by atoms with Crippen molar-refractivity contribution in [2.45, 2.75) is 19.9 Å². The van der Waals surface area contributed by atoms with Crippen molar-refractivity contribution in [3.8, 4) is 0 Å². The van der Waals surface area contributed by atoms with Gasteiger partial charge in [0.2, 0.25) is 0 Å². The number of hydrogen-bond donors (Lipinski definition) is 0. The van der Waals surface area contributed by atoms with E-state index in [0.717, 1.165) is 12.0 Å². The van der Waals surface area contributed by atoms with Crippen LogP contribution in [0.1, 0.15) is 18.1 Å². The SMILES string of the molecule is CCc1ccc(Cn2ccc([N+](=O)[O-])n2)cc1. The average Bonchev–Trinajstić information content (AvgIpc) is 2.79. The lowest BCUT2D eigenvalue weighted by atomic mass is 10.1. The molecule has 1 aromatic carbocycles. The summed E-state index contributed by atoms with van der Waals surface area (Å²) in [5.74, 6) is -0.116. The highest BCUT2D eigenvalue weighted by atomic mass is 16.6. The molecule has 1 heterocycles. The first-order valence-corrected chi connectivity index (χ1v) is 5.44. The lowest BCUT2D eigenvalue weighted by Gasteiger charge is -2.00. The molecule has 0 saturated heterocycles. The van der Waals surface area contributed by atoms with E-state index in [1.165, 1.54) is 11.6 Å². The maximum atomic E-state index is 10.5. The Balaban J connectivity index is 2.11. The van der Waals surface area contributed by atoms with Gasteiger partial charge in [-0.2, -0.15) is 4.68 Å². The number of aromatic nitrogens is 2. The molecule has 0 amide bonds. The number of nitro groups is 1. The Morgan fingerprint density at radius 3 is 2.41 bits per heavy atom. The molecule has 0 unspecified atom stereocenters. The van der Waals surface area contributed by atoms with Crippen LogP contribution in [0.25, 0.3) is 0 Å². The van der Waals surface area contributed by atoms with Gasteiger partial charge in [-0.25, -0.2) is 0 Å². The minimum absolute atomic E-state index is 0.116. The summed E-state index contributed by atoms with van der Waals surface area (Å²) in [6.45, 7) is 2.66. The van der Waals surface area contributed by atoms with Gasteiger partial charge in [0.1, 0.15) is 0 Å². The predicted octanol–water partition coefficient (Wildman–Crippen LogP) is 2.40. The molecule has 0 aliphatic heterocycles. The van der Waals surface area contributed by atoms with Crippen LogP contribution in [0.5, 0.6) is 0 Å². The fraction of sp³-hybridized carbons (Fsp3) is 0.250. The van der Waals surface area contributed by atoms with E-state index >= 15 is 0 Å². The van der Waals surface area contributed by atoms with Crippen LogP contribution in [0, 0.1) is 10.1 Å². The molecule has 17 heavy (non-hydrogen) atoms. The third kappa shape index (κ3) is 2.69. The van der Waals surface area contributed by atoms with E-state index < -0.39 is 4.92 Å². The fourth-order valence-corrected chi connectivity index (χ4v) is 1.60. The third-order valence-electron chi connectivity index (χ3n) is 2.59. The van der Waals surface area contributed by atoms with Gasteiger partial charge in [-0.05, 0) is 22.5 Å². The van der Waals surface area contributed by atoms with Gasteiger partial charge in [0.25, 0.3) is 0 Å². The molecule has 0 bridgehead atoms. The predicted molar refractivity (Wildman–Crippen MR) is 63.8 cm³/mol. The summed E-state index contributed by atoms with van der Waals surface area (Å²) in [5, 5.41) is 14.3. The molecular weight excluding hydrogens is 218 g/mol. The molecule has 2 aromatic rings. The van der Waals surface area contributed by atoms with Crippen LogP contribution < -0.4 is 0 Å². The van der Waals surface area contributed by atoms with Crippen molar-refractivity contribution in [2.75, 3.05) is 0 Å². The molecule has 0 spiro atoms.